The molecule has 0 amide bonds. The van der Waals surface area contributed by atoms with Gasteiger partial charge >= 0.3 is 0 Å². The zero-order valence-electron chi connectivity index (χ0n) is 11.5. The third kappa shape index (κ3) is 3.02. The van der Waals surface area contributed by atoms with Crippen LogP contribution >= 0.6 is 11.6 Å². The van der Waals surface area contributed by atoms with E-state index in [2.05, 4.69) is 14.9 Å². The number of rotatable bonds is 5. The number of aryl methyl sites for hydroxylation is 2. The summed E-state index contributed by atoms with van der Waals surface area (Å²) in [6.07, 6.45) is 3.14. The summed E-state index contributed by atoms with van der Waals surface area (Å²) in [6, 6.07) is 0. The SMILES string of the molecule is Cc1nn(C)c(C)c1S(=O)(=O)NCCn1cc(Cl)cn1. The molecule has 1 N–H and O–H groups in total. The van der Waals surface area contributed by atoms with E-state index in [0.29, 0.717) is 23.0 Å². The van der Waals surface area contributed by atoms with E-state index in [1.165, 1.54) is 6.20 Å². The van der Waals surface area contributed by atoms with Crippen LogP contribution in [-0.4, -0.2) is 34.5 Å². The fourth-order valence-electron chi connectivity index (χ4n) is 1.97. The highest BCUT2D eigenvalue weighted by Crippen LogP contribution is 2.17. The summed E-state index contributed by atoms with van der Waals surface area (Å²) in [5, 5.41) is 8.61. The Bertz CT molecular complexity index is 719. The van der Waals surface area contributed by atoms with Crippen LogP contribution in [0.3, 0.4) is 0 Å². The number of halogens is 1. The first kappa shape index (κ1) is 15.0. The lowest BCUT2D eigenvalue weighted by molar-refractivity contribution is 0.559. The van der Waals surface area contributed by atoms with E-state index in [4.69, 9.17) is 11.6 Å². The van der Waals surface area contributed by atoms with Gasteiger partial charge in [0.05, 0.1) is 29.2 Å². The number of hydrogen-bond acceptors (Lipinski definition) is 4. The van der Waals surface area contributed by atoms with Gasteiger partial charge in [0, 0.05) is 19.8 Å². The van der Waals surface area contributed by atoms with Crippen molar-refractivity contribution in [3.05, 3.63) is 28.8 Å². The summed E-state index contributed by atoms with van der Waals surface area (Å²) in [4.78, 5) is 0.235. The molecule has 0 aliphatic carbocycles. The first-order valence-electron chi connectivity index (χ1n) is 5.99. The van der Waals surface area contributed by atoms with Gasteiger partial charge < -0.3 is 0 Å². The Labute approximate surface area is 122 Å². The third-order valence-electron chi connectivity index (χ3n) is 2.95. The summed E-state index contributed by atoms with van der Waals surface area (Å²) in [5.74, 6) is 0. The maximum atomic E-state index is 12.3. The summed E-state index contributed by atoms with van der Waals surface area (Å²) >= 11 is 5.74. The third-order valence-corrected chi connectivity index (χ3v) is 4.85. The van der Waals surface area contributed by atoms with E-state index in [9.17, 15) is 8.42 Å². The maximum Gasteiger partial charge on any atom is 0.244 e. The molecule has 2 heterocycles. The number of aromatic nitrogens is 4. The van der Waals surface area contributed by atoms with E-state index < -0.39 is 10.0 Å². The molecule has 110 valence electrons. The van der Waals surface area contributed by atoms with Crippen LogP contribution in [0.2, 0.25) is 5.02 Å². The van der Waals surface area contributed by atoms with Crippen molar-refractivity contribution in [2.24, 2.45) is 7.05 Å². The van der Waals surface area contributed by atoms with Gasteiger partial charge in [-0.05, 0) is 13.8 Å². The first-order chi connectivity index (χ1) is 9.31. The number of nitrogens with zero attached hydrogens (tertiary/aromatic N) is 4. The molecular weight excluding hydrogens is 302 g/mol. The highest BCUT2D eigenvalue weighted by molar-refractivity contribution is 7.89. The number of sulfonamides is 1. The minimum atomic E-state index is -3.57. The van der Waals surface area contributed by atoms with Crippen LogP contribution in [-0.2, 0) is 23.6 Å². The molecule has 7 nitrogen and oxygen atoms in total. The minimum Gasteiger partial charge on any atom is -0.271 e. The lowest BCUT2D eigenvalue weighted by Gasteiger charge is -2.07. The van der Waals surface area contributed by atoms with Gasteiger partial charge in [-0.3, -0.25) is 9.36 Å². The molecule has 20 heavy (non-hydrogen) atoms. The molecule has 0 fully saturated rings. The number of nitrogens with one attached hydrogen (secondary N) is 1. The maximum absolute atomic E-state index is 12.3. The Hall–Kier alpha value is -1.38. The van der Waals surface area contributed by atoms with Gasteiger partial charge in [-0.2, -0.15) is 10.2 Å². The first-order valence-corrected chi connectivity index (χ1v) is 7.85. The lowest BCUT2D eigenvalue weighted by Crippen LogP contribution is -2.28. The molecule has 2 aromatic rings. The monoisotopic (exact) mass is 317 g/mol. The normalized spacial score (nSPS) is 12.0. The molecule has 0 bridgehead atoms. The predicted molar refractivity (Wildman–Crippen MR) is 75.1 cm³/mol. The van der Waals surface area contributed by atoms with Gasteiger partial charge in [0.15, 0.2) is 0 Å². The Balaban J connectivity index is 2.08. The molecule has 2 rings (SSSR count). The molecule has 0 saturated carbocycles. The zero-order chi connectivity index (χ0) is 14.9. The van der Waals surface area contributed by atoms with Crippen LogP contribution in [0.25, 0.3) is 0 Å². The molecule has 0 atom stereocenters. The van der Waals surface area contributed by atoms with Crippen molar-refractivity contribution in [2.75, 3.05) is 6.54 Å². The van der Waals surface area contributed by atoms with Crippen molar-refractivity contribution in [3.63, 3.8) is 0 Å². The average molecular weight is 318 g/mol. The second-order valence-electron chi connectivity index (χ2n) is 4.44. The summed E-state index contributed by atoms with van der Waals surface area (Å²) in [7, 11) is -1.86. The van der Waals surface area contributed by atoms with Crippen LogP contribution in [0.5, 0.6) is 0 Å². The minimum absolute atomic E-state index is 0.230. The van der Waals surface area contributed by atoms with Crippen molar-refractivity contribution in [1.82, 2.24) is 24.3 Å². The standard InChI is InChI=1S/C11H16ClN5O2S/c1-8-11(9(2)16(3)15-8)20(18,19)14-4-5-17-7-10(12)6-13-17/h6-7,14H,4-5H2,1-3H3. The van der Waals surface area contributed by atoms with E-state index in [-0.39, 0.29) is 11.4 Å². The predicted octanol–water partition coefficient (Wildman–Crippen LogP) is 0.865. The summed E-state index contributed by atoms with van der Waals surface area (Å²) in [6.45, 7) is 4.04. The topological polar surface area (TPSA) is 81.8 Å². The van der Waals surface area contributed by atoms with Gasteiger partial charge in [-0.1, -0.05) is 11.6 Å². The van der Waals surface area contributed by atoms with Crippen molar-refractivity contribution < 1.29 is 8.42 Å². The Morgan fingerprint density at radius 2 is 2.10 bits per heavy atom. The van der Waals surface area contributed by atoms with Crippen LogP contribution in [0.4, 0.5) is 0 Å². The van der Waals surface area contributed by atoms with Gasteiger partial charge in [-0.25, -0.2) is 13.1 Å². The summed E-state index contributed by atoms with van der Waals surface area (Å²) in [5.41, 5.74) is 1.09. The van der Waals surface area contributed by atoms with E-state index >= 15 is 0 Å². The molecule has 0 saturated heterocycles. The highest BCUT2D eigenvalue weighted by Gasteiger charge is 2.23. The van der Waals surface area contributed by atoms with Crippen molar-refractivity contribution >= 4 is 21.6 Å². The van der Waals surface area contributed by atoms with Crippen LogP contribution in [0.1, 0.15) is 11.4 Å². The molecule has 9 heteroatoms. The second kappa shape index (κ2) is 5.55. The Kier molecular flexibility index (Phi) is 4.17. The van der Waals surface area contributed by atoms with Crippen LogP contribution in [0, 0.1) is 13.8 Å². The lowest BCUT2D eigenvalue weighted by atomic mass is 10.4. The van der Waals surface area contributed by atoms with Crippen LogP contribution < -0.4 is 4.72 Å². The largest absolute Gasteiger partial charge is 0.271 e. The van der Waals surface area contributed by atoms with Crippen molar-refractivity contribution in [2.45, 2.75) is 25.3 Å². The fourth-order valence-corrected chi connectivity index (χ4v) is 3.58. The molecule has 2 aromatic heterocycles. The van der Waals surface area contributed by atoms with Gasteiger partial charge in [-0.15, -0.1) is 0 Å². The molecule has 0 aliphatic heterocycles. The van der Waals surface area contributed by atoms with E-state index in [1.54, 1.807) is 36.5 Å². The molecule has 0 unspecified atom stereocenters. The van der Waals surface area contributed by atoms with E-state index in [0.717, 1.165) is 0 Å². The van der Waals surface area contributed by atoms with Crippen molar-refractivity contribution in [1.29, 1.82) is 0 Å². The molecule has 0 radical (unpaired) electrons. The molecule has 0 aromatic carbocycles. The fraction of sp³-hybridized carbons (Fsp3) is 0.455. The van der Waals surface area contributed by atoms with Gasteiger partial charge in [0.1, 0.15) is 4.90 Å². The molecule has 0 spiro atoms. The molecule has 0 aliphatic rings. The summed E-state index contributed by atoms with van der Waals surface area (Å²) < 4.78 is 30.2. The Morgan fingerprint density at radius 3 is 2.60 bits per heavy atom. The number of hydrogen-bond donors (Lipinski definition) is 1. The van der Waals surface area contributed by atoms with Gasteiger partial charge in [0.25, 0.3) is 0 Å². The second-order valence-corrected chi connectivity index (χ2v) is 6.58. The zero-order valence-corrected chi connectivity index (χ0v) is 13.0. The quantitative estimate of drug-likeness (QED) is 0.887. The van der Waals surface area contributed by atoms with Gasteiger partial charge in [0.2, 0.25) is 10.0 Å². The van der Waals surface area contributed by atoms with Crippen LogP contribution in [0.15, 0.2) is 17.3 Å². The smallest absolute Gasteiger partial charge is 0.244 e. The highest BCUT2D eigenvalue weighted by atomic mass is 35.5. The Morgan fingerprint density at radius 1 is 1.40 bits per heavy atom. The average Bonchev–Trinajstić information content (AvgIpc) is 2.84. The molecular formula is C11H16ClN5O2S. The van der Waals surface area contributed by atoms with E-state index in [1.807, 2.05) is 0 Å². The van der Waals surface area contributed by atoms with Crippen molar-refractivity contribution in [3.8, 4) is 0 Å².